The second-order valence-corrected chi connectivity index (χ2v) is 4.82. The lowest BCUT2D eigenvalue weighted by atomic mass is 10.0. The summed E-state index contributed by atoms with van der Waals surface area (Å²) in [4.78, 5) is 0. The fourth-order valence-electron chi connectivity index (χ4n) is 1.80. The monoisotopic (exact) mass is 200 g/mol. The molecule has 0 spiro atoms. The summed E-state index contributed by atoms with van der Waals surface area (Å²) in [5.74, 6) is 0.482. The van der Waals surface area contributed by atoms with Crippen molar-refractivity contribution in [2.45, 2.75) is 58.7 Å². The lowest BCUT2D eigenvalue weighted by Crippen LogP contribution is -2.31. The van der Waals surface area contributed by atoms with E-state index in [4.69, 9.17) is 9.47 Å². The van der Waals surface area contributed by atoms with Gasteiger partial charge in [-0.25, -0.2) is 0 Å². The standard InChI is InChI=1S/C12H24O2/c1-11(2)7-6-8-12(3)13-9-4-5-10-14-12/h11H,4-10H2,1-3H3. The molecule has 0 radical (unpaired) electrons. The van der Waals surface area contributed by atoms with Gasteiger partial charge in [-0.3, -0.25) is 0 Å². The first-order valence-electron chi connectivity index (χ1n) is 5.90. The molecule has 0 amide bonds. The zero-order valence-corrected chi connectivity index (χ0v) is 9.84. The third-order valence-electron chi connectivity index (χ3n) is 2.77. The van der Waals surface area contributed by atoms with Crippen molar-refractivity contribution in [3.8, 4) is 0 Å². The van der Waals surface area contributed by atoms with Gasteiger partial charge in [-0.2, -0.15) is 0 Å². The first kappa shape index (κ1) is 12.0. The third kappa shape index (κ3) is 4.43. The molecular formula is C12H24O2. The second-order valence-electron chi connectivity index (χ2n) is 4.82. The molecule has 2 nitrogen and oxygen atoms in total. The van der Waals surface area contributed by atoms with Crippen LogP contribution in [0.1, 0.15) is 52.9 Å². The molecule has 1 aliphatic rings. The van der Waals surface area contributed by atoms with Crippen molar-refractivity contribution in [1.82, 2.24) is 0 Å². The largest absolute Gasteiger partial charge is 0.350 e. The van der Waals surface area contributed by atoms with E-state index in [0.29, 0.717) is 0 Å². The van der Waals surface area contributed by atoms with Gasteiger partial charge in [0.2, 0.25) is 0 Å². The fourth-order valence-corrected chi connectivity index (χ4v) is 1.80. The molecular weight excluding hydrogens is 176 g/mol. The summed E-state index contributed by atoms with van der Waals surface area (Å²) in [5, 5.41) is 0. The summed E-state index contributed by atoms with van der Waals surface area (Å²) in [6, 6.07) is 0. The van der Waals surface area contributed by atoms with Gasteiger partial charge in [-0.05, 0) is 32.1 Å². The highest BCUT2D eigenvalue weighted by Crippen LogP contribution is 2.24. The van der Waals surface area contributed by atoms with Crippen LogP contribution in [0.15, 0.2) is 0 Å². The van der Waals surface area contributed by atoms with Crippen LogP contribution in [0.4, 0.5) is 0 Å². The van der Waals surface area contributed by atoms with Crippen LogP contribution in [-0.4, -0.2) is 19.0 Å². The smallest absolute Gasteiger partial charge is 0.165 e. The van der Waals surface area contributed by atoms with Gasteiger partial charge in [0.05, 0.1) is 13.2 Å². The Morgan fingerprint density at radius 3 is 2.21 bits per heavy atom. The van der Waals surface area contributed by atoms with Gasteiger partial charge >= 0.3 is 0 Å². The van der Waals surface area contributed by atoms with Crippen LogP contribution < -0.4 is 0 Å². The summed E-state index contributed by atoms with van der Waals surface area (Å²) < 4.78 is 11.5. The molecule has 0 aliphatic carbocycles. The topological polar surface area (TPSA) is 18.5 Å². The Morgan fingerprint density at radius 1 is 1.14 bits per heavy atom. The normalized spacial score (nSPS) is 22.3. The Kier molecular flexibility index (Phi) is 4.90. The van der Waals surface area contributed by atoms with Gasteiger partial charge in [-0.1, -0.05) is 20.3 Å². The Hall–Kier alpha value is -0.0800. The Morgan fingerprint density at radius 2 is 1.71 bits per heavy atom. The minimum absolute atomic E-state index is 0.300. The zero-order valence-electron chi connectivity index (χ0n) is 9.84. The van der Waals surface area contributed by atoms with Gasteiger partial charge in [-0.15, -0.1) is 0 Å². The zero-order chi connectivity index (χ0) is 10.4. The second kappa shape index (κ2) is 5.72. The lowest BCUT2D eigenvalue weighted by Gasteiger charge is -2.28. The highest BCUT2D eigenvalue weighted by atomic mass is 16.7. The Balaban J connectivity index is 2.24. The maximum atomic E-state index is 5.75. The van der Waals surface area contributed by atoms with Crippen molar-refractivity contribution in [3.05, 3.63) is 0 Å². The van der Waals surface area contributed by atoms with Crippen LogP contribution >= 0.6 is 0 Å². The third-order valence-corrected chi connectivity index (χ3v) is 2.77. The van der Waals surface area contributed by atoms with E-state index in [9.17, 15) is 0 Å². The van der Waals surface area contributed by atoms with Crippen molar-refractivity contribution in [3.63, 3.8) is 0 Å². The van der Waals surface area contributed by atoms with Gasteiger partial charge < -0.3 is 9.47 Å². The van der Waals surface area contributed by atoms with Crippen LogP contribution in [0.2, 0.25) is 0 Å². The molecule has 0 aromatic heterocycles. The predicted molar refractivity (Wildman–Crippen MR) is 58.2 cm³/mol. The van der Waals surface area contributed by atoms with Crippen LogP contribution in [0.5, 0.6) is 0 Å². The lowest BCUT2D eigenvalue weighted by molar-refractivity contribution is -0.217. The number of rotatable bonds is 4. The van der Waals surface area contributed by atoms with Crippen LogP contribution in [-0.2, 0) is 9.47 Å². The summed E-state index contributed by atoms with van der Waals surface area (Å²) in [6.45, 7) is 8.32. The maximum Gasteiger partial charge on any atom is 0.165 e. The number of hydrogen-bond donors (Lipinski definition) is 0. The van der Waals surface area contributed by atoms with E-state index < -0.39 is 0 Å². The fraction of sp³-hybridized carbons (Fsp3) is 1.00. The van der Waals surface area contributed by atoms with Gasteiger partial charge in [0.15, 0.2) is 5.79 Å². The average molecular weight is 200 g/mol. The molecule has 0 unspecified atom stereocenters. The number of ether oxygens (including phenoxy) is 2. The summed E-state index contributed by atoms with van der Waals surface area (Å²) in [7, 11) is 0. The number of hydrogen-bond acceptors (Lipinski definition) is 2. The summed E-state index contributed by atoms with van der Waals surface area (Å²) in [6.07, 6.45) is 5.78. The van der Waals surface area contributed by atoms with E-state index >= 15 is 0 Å². The Labute approximate surface area is 88.0 Å². The van der Waals surface area contributed by atoms with Crippen LogP contribution in [0.25, 0.3) is 0 Å². The molecule has 1 heterocycles. The molecule has 0 saturated carbocycles. The first-order chi connectivity index (χ1) is 6.62. The predicted octanol–water partition coefficient (Wildman–Crippen LogP) is 3.36. The van der Waals surface area contributed by atoms with E-state index in [1.165, 1.54) is 12.8 Å². The van der Waals surface area contributed by atoms with Gasteiger partial charge in [0.1, 0.15) is 0 Å². The molecule has 14 heavy (non-hydrogen) atoms. The van der Waals surface area contributed by atoms with Crippen molar-refractivity contribution in [2.24, 2.45) is 5.92 Å². The molecule has 0 aromatic rings. The van der Waals surface area contributed by atoms with E-state index in [-0.39, 0.29) is 5.79 Å². The molecule has 1 fully saturated rings. The molecule has 0 N–H and O–H groups in total. The minimum atomic E-state index is -0.300. The van der Waals surface area contributed by atoms with Crippen molar-refractivity contribution in [2.75, 3.05) is 13.2 Å². The SMILES string of the molecule is CC(C)CCCC1(C)OCCCCO1. The van der Waals surface area contributed by atoms with Gasteiger partial charge in [0.25, 0.3) is 0 Å². The molecule has 0 bridgehead atoms. The highest BCUT2D eigenvalue weighted by molar-refractivity contribution is 4.66. The first-order valence-corrected chi connectivity index (χ1v) is 5.90. The van der Waals surface area contributed by atoms with E-state index in [0.717, 1.165) is 38.4 Å². The van der Waals surface area contributed by atoms with Crippen LogP contribution in [0, 0.1) is 5.92 Å². The van der Waals surface area contributed by atoms with E-state index in [1.807, 2.05) is 0 Å². The molecule has 84 valence electrons. The Bertz CT molecular complexity index is 146. The van der Waals surface area contributed by atoms with Crippen molar-refractivity contribution >= 4 is 0 Å². The molecule has 0 aromatic carbocycles. The maximum absolute atomic E-state index is 5.75. The molecule has 1 rings (SSSR count). The molecule has 1 aliphatic heterocycles. The van der Waals surface area contributed by atoms with Crippen molar-refractivity contribution < 1.29 is 9.47 Å². The summed E-state index contributed by atoms with van der Waals surface area (Å²) in [5.41, 5.74) is 0. The van der Waals surface area contributed by atoms with Crippen LogP contribution in [0.3, 0.4) is 0 Å². The quantitative estimate of drug-likeness (QED) is 0.693. The van der Waals surface area contributed by atoms with Crippen molar-refractivity contribution in [1.29, 1.82) is 0 Å². The summed E-state index contributed by atoms with van der Waals surface area (Å²) >= 11 is 0. The van der Waals surface area contributed by atoms with E-state index in [1.54, 1.807) is 0 Å². The molecule has 1 saturated heterocycles. The van der Waals surface area contributed by atoms with Gasteiger partial charge in [0, 0.05) is 6.42 Å². The molecule has 2 heteroatoms. The highest BCUT2D eigenvalue weighted by Gasteiger charge is 2.26. The molecule has 0 atom stereocenters. The minimum Gasteiger partial charge on any atom is -0.350 e. The van der Waals surface area contributed by atoms with E-state index in [2.05, 4.69) is 20.8 Å². The average Bonchev–Trinajstić information content (AvgIpc) is 2.30.